The molecule has 0 aliphatic rings. The normalized spacial score (nSPS) is 11.4. The van der Waals surface area contributed by atoms with Crippen LogP contribution in [0.3, 0.4) is 0 Å². The lowest BCUT2D eigenvalue weighted by Gasteiger charge is -2.04. The molecular formula is C12H15ClN2O2. The molecule has 1 aromatic rings. The number of esters is 1. The molecule has 0 aromatic heterocycles. The molecule has 92 valence electrons. The van der Waals surface area contributed by atoms with Crippen molar-refractivity contribution in [3.05, 3.63) is 23.2 Å². The predicted molar refractivity (Wildman–Crippen MR) is 69.9 cm³/mol. The van der Waals surface area contributed by atoms with Crippen molar-refractivity contribution in [2.45, 2.75) is 20.3 Å². The summed E-state index contributed by atoms with van der Waals surface area (Å²) < 4.78 is 4.83. The van der Waals surface area contributed by atoms with Crippen LogP contribution in [0.25, 0.3) is 0 Å². The van der Waals surface area contributed by atoms with Crippen molar-refractivity contribution < 1.29 is 9.53 Å². The molecule has 0 saturated heterocycles. The summed E-state index contributed by atoms with van der Waals surface area (Å²) in [5.74, 6) is -0.290. The molecule has 0 aliphatic heterocycles. The van der Waals surface area contributed by atoms with Crippen LogP contribution in [0.15, 0.2) is 23.2 Å². The van der Waals surface area contributed by atoms with Gasteiger partial charge < -0.3 is 10.5 Å². The third kappa shape index (κ3) is 4.44. The van der Waals surface area contributed by atoms with Crippen molar-refractivity contribution in [3.63, 3.8) is 0 Å². The van der Waals surface area contributed by atoms with Crippen molar-refractivity contribution >= 4 is 34.7 Å². The van der Waals surface area contributed by atoms with E-state index in [9.17, 15) is 4.79 Å². The monoisotopic (exact) mass is 254 g/mol. The van der Waals surface area contributed by atoms with Crippen LogP contribution in [0, 0.1) is 0 Å². The molecule has 0 unspecified atom stereocenters. The molecule has 0 radical (unpaired) electrons. The van der Waals surface area contributed by atoms with Crippen LogP contribution in [-0.2, 0) is 9.53 Å². The van der Waals surface area contributed by atoms with E-state index in [0.717, 1.165) is 0 Å². The Morgan fingerprint density at radius 3 is 2.82 bits per heavy atom. The van der Waals surface area contributed by atoms with Gasteiger partial charge in [-0.1, -0.05) is 11.6 Å². The maximum absolute atomic E-state index is 11.2. The molecule has 2 N–H and O–H groups in total. The Morgan fingerprint density at radius 1 is 1.53 bits per heavy atom. The summed E-state index contributed by atoms with van der Waals surface area (Å²) in [7, 11) is 0. The molecule has 0 atom stereocenters. The number of hydrogen-bond donors (Lipinski definition) is 1. The molecule has 1 rings (SSSR count). The zero-order chi connectivity index (χ0) is 12.8. The maximum atomic E-state index is 11.2. The number of ether oxygens (including phenoxy) is 1. The number of rotatable bonds is 4. The summed E-state index contributed by atoms with van der Waals surface area (Å²) in [6.45, 7) is 3.89. The first-order valence-electron chi connectivity index (χ1n) is 5.27. The predicted octanol–water partition coefficient (Wildman–Crippen LogP) is 2.97. The lowest BCUT2D eigenvalue weighted by Crippen LogP contribution is -2.08. The van der Waals surface area contributed by atoms with E-state index in [1.165, 1.54) is 0 Å². The molecular weight excluding hydrogens is 240 g/mol. The van der Waals surface area contributed by atoms with Crippen molar-refractivity contribution in [1.29, 1.82) is 0 Å². The van der Waals surface area contributed by atoms with Crippen molar-refractivity contribution in [2.24, 2.45) is 4.99 Å². The first-order valence-corrected chi connectivity index (χ1v) is 5.65. The Balaban J connectivity index is 2.77. The van der Waals surface area contributed by atoms with Crippen molar-refractivity contribution in [2.75, 3.05) is 12.3 Å². The van der Waals surface area contributed by atoms with Crippen molar-refractivity contribution in [1.82, 2.24) is 0 Å². The average molecular weight is 255 g/mol. The molecule has 0 bridgehead atoms. The van der Waals surface area contributed by atoms with Gasteiger partial charge in [-0.25, -0.2) is 0 Å². The minimum atomic E-state index is -0.290. The van der Waals surface area contributed by atoms with E-state index in [0.29, 0.717) is 28.7 Å². The Labute approximate surface area is 105 Å². The van der Waals surface area contributed by atoms with Gasteiger partial charge in [-0.05, 0) is 32.0 Å². The van der Waals surface area contributed by atoms with Crippen LogP contribution in [0.2, 0.25) is 5.02 Å². The van der Waals surface area contributed by atoms with Gasteiger partial charge in [-0.15, -0.1) is 0 Å². The molecule has 0 spiro atoms. The fraction of sp³-hybridized carbons (Fsp3) is 0.333. The van der Waals surface area contributed by atoms with E-state index in [-0.39, 0.29) is 12.4 Å². The average Bonchev–Trinajstić information content (AvgIpc) is 2.22. The van der Waals surface area contributed by atoms with E-state index in [4.69, 9.17) is 22.1 Å². The number of nitrogens with zero attached hydrogens (tertiary/aromatic N) is 1. The highest BCUT2D eigenvalue weighted by Gasteiger charge is 2.05. The number of anilines is 1. The number of carbonyl (C=O) groups is 1. The Hall–Kier alpha value is -1.55. The second-order valence-electron chi connectivity index (χ2n) is 3.53. The molecule has 0 heterocycles. The number of halogens is 1. The SMILES string of the molecule is CCOC(=O)CC(C)=Nc1ccc(Cl)cc1N. The molecule has 1 aromatic carbocycles. The summed E-state index contributed by atoms with van der Waals surface area (Å²) in [5, 5.41) is 0.560. The number of nitrogen functional groups attached to an aromatic ring is 1. The standard InChI is InChI=1S/C12H15ClN2O2/c1-3-17-12(16)6-8(2)15-11-5-4-9(13)7-10(11)14/h4-5,7H,3,6,14H2,1-2H3. The fourth-order valence-corrected chi connectivity index (χ4v) is 1.47. The van der Waals surface area contributed by atoms with E-state index in [2.05, 4.69) is 4.99 Å². The summed E-state index contributed by atoms with van der Waals surface area (Å²) in [6, 6.07) is 5.04. The van der Waals surface area contributed by atoms with Gasteiger partial charge in [0.1, 0.15) is 0 Å². The van der Waals surface area contributed by atoms with Gasteiger partial charge >= 0.3 is 5.97 Å². The zero-order valence-electron chi connectivity index (χ0n) is 9.87. The summed E-state index contributed by atoms with van der Waals surface area (Å²) >= 11 is 5.78. The van der Waals surface area contributed by atoms with Gasteiger partial charge in [0.15, 0.2) is 0 Å². The largest absolute Gasteiger partial charge is 0.466 e. The van der Waals surface area contributed by atoms with Gasteiger partial charge in [0, 0.05) is 10.7 Å². The van der Waals surface area contributed by atoms with Crippen LogP contribution in [0.4, 0.5) is 11.4 Å². The summed E-state index contributed by atoms with van der Waals surface area (Å²) in [5.41, 5.74) is 7.50. The number of nitrogens with two attached hydrogens (primary N) is 1. The highest BCUT2D eigenvalue weighted by molar-refractivity contribution is 6.31. The second kappa shape index (κ2) is 6.25. The summed E-state index contributed by atoms with van der Waals surface area (Å²) in [6.07, 6.45) is 0.163. The topological polar surface area (TPSA) is 64.7 Å². The third-order valence-electron chi connectivity index (χ3n) is 2.01. The smallest absolute Gasteiger partial charge is 0.311 e. The molecule has 5 heteroatoms. The van der Waals surface area contributed by atoms with Gasteiger partial charge in [-0.3, -0.25) is 9.79 Å². The minimum absolute atomic E-state index is 0.163. The van der Waals surface area contributed by atoms with Crippen molar-refractivity contribution in [3.8, 4) is 0 Å². The minimum Gasteiger partial charge on any atom is -0.466 e. The molecule has 4 nitrogen and oxygen atoms in total. The van der Waals surface area contributed by atoms with E-state index < -0.39 is 0 Å². The molecule has 0 amide bonds. The van der Waals surface area contributed by atoms with Gasteiger partial charge in [0.05, 0.1) is 24.4 Å². The zero-order valence-corrected chi connectivity index (χ0v) is 10.6. The van der Waals surface area contributed by atoms with E-state index in [1.54, 1.807) is 32.0 Å². The lowest BCUT2D eigenvalue weighted by atomic mass is 10.2. The maximum Gasteiger partial charge on any atom is 0.311 e. The highest BCUT2D eigenvalue weighted by Crippen LogP contribution is 2.25. The van der Waals surface area contributed by atoms with E-state index in [1.807, 2.05) is 0 Å². The van der Waals surface area contributed by atoms with Crippen LogP contribution in [0.1, 0.15) is 20.3 Å². The van der Waals surface area contributed by atoms with E-state index >= 15 is 0 Å². The fourth-order valence-electron chi connectivity index (χ4n) is 1.29. The molecule has 0 fully saturated rings. The first-order chi connectivity index (χ1) is 8.02. The Bertz CT molecular complexity index is 444. The number of carbonyl (C=O) groups excluding carboxylic acids is 1. The third-order valence-corrected chi connectivity index (χ3v) is 2.24. The lowest BCUT2D eigenvalue weighted by molar-refractivity contribution is -0.141. The van der Waals surface area contributed by atoms with Gasteiger partial charge in [0.2, 0.25) is 0 Å². The quantitative estimate of drug-likeness (QED) is 0.510. The molecule has 0 saturated carbocycles. The van der Waals surface area contributed by atoms with Crippen LogP contribution in [0.5, 0.6) is 0 Å². The van der Waals surface area contributed by atoms with Gasteiger partial charge in [0.25, 0.3) is 0 Å². The number of aliphatic imine (C=N–C) groups is 1. The van der Waals surface area contributed by atoms with Crippen LogP contribution >= 0.6 is 11.6 Å². The second-order valence-corrected chi connectivity index (χ2v) is 3.97. The first kappa shape index (κ1) is 13.5. The van der Waals surface area contributed by atoms with Crippen LogP contribution < -0.4 is 5.73 Å². The molecule has 0 aliphatic carbocycles. The Kier molecular flexibility index (Phi) is 4.97. The summed E-state index contributed by atoms with van der Waals surface area (Å²) in [4.78, 5) is 15.5. The Morgan fingerprint density at radius 2 is 2.24 bits per heavy atom. The molecule has 17 heavy (non-hydrogen) atoms. The highest BCUT2D eigenvalue weighted by atomic mass is 35.5. The van der Waals surface area contributed by atoms with Crippen LogP contribution in [-0.4, -0.2) is 18.3 Å². The number of benzene rings is 1. The number of hydrogen-bond acceptors (Lipinski definition) is 4. The van der Waals surface area contributed by atoms with Gasteiger partial charge in [-0.2, -0.15) is 0 Å².